The minimum absolute atomic E-state index is 0.0839. The van der Waals surface area contributed by atoms with Crippen LogP contribution in [0.25, 0.3) is 0 Å². The zero-order valence-corrected chi connectivity index (χ0v) is 13.9. The summed E-state index contributed by atoms with van der Waals surface area (Å²) in [5.41, 5.74) is 0.897. The average Bonchev–Trinajstić information content (AvgIpc) is 2.47. The van der Waals surface area contributed by atoms with E-state index in [9.17, 15) is 13.2 Å². The number of anilines is 1. The highest BCUT2D eigenvalue weighted by Gasteiger charge is 2.26. The summed E-state index contributed by atoms with van der Waals surface area (Å²) in [6.45, 7) is 7.21. The molecule has 0 atom stereocenters. The van der Waals surface area contributed by atoms with Crippen LogP contribution >= 0.6 is 0 Å². The van der Waals surface area contributed by atoms with Crippen molar-refractivity contribution in [3.8, 4) is 0 Å². The second-order valence-corrected chi connectivity index (χ2v) is 7.28. The lowest BCUT2D eigenvalue weighted by Crippen LogP contribution is -2.30. The van der Waals surface area contributed by atoms with E-state index in [-0.39, 0.29) is 10.8 Å². The van der Waals surface area contributed by atoms with E-state index in [1.54, 1.807) is 17.0 Å². The number of sulfonamides is 1. The molecule has 0 aliphatic carbocycles. The summed E-state index contributed by atoms with van der Waals surface area (Å²) >= 11 is 0. The standard InChI is InChI=1S/C15H21N3O3S/c1-4-7-18-10-17-22(20,21)14-8-12(5-6-13(14)18)15(19)16-9-11(2)3/h5-6,8,10-11H,4,7,9H2,1-3H3,(H,16,19). The van der Waals surface area contributed by atoms with E-state index in [0.29, 0.717) is 30.3 Å². The van der Waals surface area contributed by atoms with Crippen molar-refractivity contribution in [3.05, 3.63) is 23.8 Å². The van der Waals surface area contributed by atoms with Gasteiger partial charge >= 0.3 is 0 Å². The first kappa shape index (κ1) is 16.5. The minimum Gasteiger partial charge on any atom is -0.352 e. The third-order valence-corrected chi connectivity index (χ3v) is 4.52. The number of hydrogen-bond acceptors (Lipinski definition) is 4. The van der Waals surface area contributed by atoms with Crippen molar-refractivity contribution in [2.24, 2.45) is 10.3 Å². The molecule has 0 saturated carbocycles. The van der Waals surface area contributed by atoms with E-state index in [1.807, 2.05) is 20.8 Å². The third-order valence-electron chi connectivity index (χ3n) is 3.27. The van der Waals surface area contributed by atoms with Gasteiger partial charge in [-0.15, -0.1) is 4.40 Å². The lowest BCUT2D eigenvalue weighted by atomic mass is 10.1. The Labute approximate surface area is 131 Å². The van der Waals surface area contributed by atoms with Gasteiger partial charge in [0.05, 0.1) is 5.69 Å². The predicted octanol–water partition coefficient (Wildman–Crippen LogP) is 2.02. The Balaban J connectivity index is 2.35. The number of amides is 1. The molecule has 0 unspecified atom stereocenters. The van der Waals surface area contributed by atoms with Crippen LogP contribution in [0.15, 0.2) is 27.5 Å². The summed E-state index contributed by atoms with van der Waals surface area (Å²) in [6, 6.07) is 4.71. The zero-order chi connectivity index (χ0) is 16.3. The molecule has 1 amide bonds. The van der Waals surface area contributed by atoms with E-state index >= 15 is 0 Å². The molecule has 1 aromatic rings. The fourth-order valence-corrected chi connectivity index (χ4v) is 3.23. The Kier molecular flexibility index (Phi) is 4.85. The molecule has 0 saturated heterocycles. The second-order valence-electron chi connectivity index (χ2n) is 5.68. The predicted molar refractivity (Wildman–Crippen MR) is 86.9 cm³/mol. The van der Waals surface area contributed by atoms with E-state index in [4.69, 9.17) is 0 Å². The molecule has 6 nitrogen and oxygen atoms in total. The molecule has 0 radical (unpaired) electrons. The molecule has 1 N–H and O–H groups in total. The fraction of sp³-hybridized carbons (Fsp3) is 0.467. The van der Waals surface area contributed by atoms with Gasteiger partial charge in [-0.05, 0) is 30.5 Å². The molecule has 0 aromatic heterocycles. The molecule has 0 bridgehead atoms. The Morgan fingerprint density at radius 2 is 2.09 bits per heavy atom. The van der Waals surface area contributed by atoms with Crippen molar-refractivity contribution < 1.29 is 13.2 Å². The molecular formula is C15H21N3O3S. The van der Waals surface area contributed by atoms with Crippen molar-refractivity contribution in [1.29, 1.82) is 0 Å². The second kappa shape index (κ2) is 6.48. The van der Waals surface area contributed by atoms with Crippen LogP contribution in [0.1, 0.15) is 37.6 Å². The first-order valence-electron chi connectivity index (χ1n) is 7.34. The third kappa shape index (κ3) is 3.47. The van der Waals surface area contributed by atoms with E-state index in [0.717, 1.165) is 6.42 Å². The van der Waals surface area contributed by atoms with Gasteiger partial charge in [0.15, 0.2) is 0 Å². The molecular weight excluding hydrogens is 302 g/mol. The van der Waals surface area contributed by atoms with Gasteiger partial charge in [0.1, 0.15) is 11.2 Å². The van der Waals surface area contributed by atoms with Crippen molar-refractivity contribution in [2.75, 3.05) is 18.0 Å². The normalized spacial score (nSPS) is 15.7. The zero-order valence-electron chi connectivity index (χ0n) is 13.0. The van der Waals surface area contributed by atoms with Gasteiger partial charge in [-0.1, -0.05) is 20.8 Å². The Morgan fingerprint density at radius 1 is 1.36 bits per heavy atom. The van der Waals surface area contributed by atoms with Gasteiger partial charge in [0.25, 0.3) is 15.9 Å². The smallest absolute Gasteiger partial charge is 0.285 e. The molecule has 22 heavy (non-hydrogen) atoms. The van der Waals surface area contributed by atoms with Crippen LogP contribution in [0.2, 0.25) is 0 Å². The summed E-state index contributed by atoms with van der Waals surface area (Å²) in [6.07, 6.45) is 2.20. The topological polar surface area (TPSA) is 78.8 Å². The highest BCUT2D eigenvalue weighted by Crippen LogP contribution is 2.30. The monoisotopic (exact) mass is 323 g/mol. The van der Waals surface area contributed by atoms with Crippen LogP contribution < -0.4 is 10.2 Å². The van der Waals surface area contributed by atoms with Gasteiger partial charge in [0.2, 0.25) is 0 Å². The number of carbonyl (C=O) groups excluding carboxylic acids is 1. The first-order chi connectivity index (χ1) is 10.3. The number of carbonyl (C=O) groups is 1. The van der Waals surface area contributed by atoms with Crippen molar-refractivity contribution in [2.45, 2.75) is 32.1 Å². The summed E-state index contributed by atoms with van der Waals surface area (Å²) < 4.78 is 27.8. The number of nitrogens with zero attached hydrogens (tertiary/aromatic N) is 2. The number of nitrogens with one attached hydrogen (secondary N) is 1. The molecule has 7 heteroatoms. The van der Waals surface area contributed by atoms with Gasteiger partial charge in [-0.2, -0.15) is 8.42 Å². The molecule has 2 rings (SSSR count). The van der Waals surface area contributed by atoms with Gasteiger partial charge in [-0.3, -0.25) is 4.79 Å². The van der Waals surface area contributed by atoms with Crippen LogP contribution in [0, 0.1) is 5.92 Å². The van der Waals surface area contributed by atoms with Crippen molar-refractivity contribution in [1.82, 2.24) is 5.32 Å². The lowest BCUT2D eigenvalue weighted by Gasteiger charge is -2.25. The molecule has 0 fully saturated rings. The maximum atomic E-state index is 12.1. The quantitative estimate of drug-likeness (QED) is 0.899. The van der Waals surface area contributed by atoms with Crippen molar-refractivity contribution >= 4 is 28.0 Å². The molecule has 120 valence electrons. The molecule has 1 aliphatic heterocycles. The Bertz CT molecular complexity index is 696. The maximum absolute atomic E-state index is 12.1. The van der Waals surface area contributed by atoms with Crippen molar-refractivity contribution in [3.63, 3.8) is 0 Å². The Hall–Kier alpha value is -1.89. The molecule has 1 heterocycles. The minimum atomic E-state index is -3.73. The molecule has 1 aromatic carbocycles. The van der Waals surface area contributed by atoms with E-state index < -0.39 is 10.0 Å². The average molecular weight is 323 g/mol. The Morgan fingerprint density at radius 3 is 2.73 bits per heavy atom. The van der Waals surface area contributed by atoms with E-state index in [2.05, 4.69) is 9.71 Å². The van der Waals surface area contributed by atoms with Gasteiger partial charge in [0, 0.05) is 18.7 Å². The summed E-state index contributed by atoms with van der Waals surface area (Å²) in [7, 11) is -3.73. The summed E-state index contributed by atoms with van der Waals surface area (Å²) in [4.78, 5) is 14.0. The van der Waals surface area contributed by atoms with Gasteiger partial charge < -0.3 is 10.2 Å². The van der Waals surface area contributed by atoms with Gasteiger partial charge in [-0.25, -0.2) is 0 Å². The molecule has 0 spiro atoms. The number of fused-ring (bicyclic) bond motifs is 1. The van der Waals surface area contributed by atoms with E-state index in [1.165, 1.54) is 12.4 Å². The number of rotatable bonds is 5. The molecule has 1 aliphatic rings. The highest BCUT2D eigenvalue weighted by atomic mass is 32.2. The number of hydrogen-bond donors (Lipinski definition) is 1. The summed E-state index contributed by atoms with van der Waals surface area (Å²) in [5.74, 6) is 0.0539. The fourth-order valence-electron chi connectivity index (χ4n) is 2.16. The maximum Gasteiger partial charge on any atom is 0.285 e. The van der Waals surface area contributed by atoms with Crippen LogP contribution in [-0.2, 0) is 10.0 Å². The van der Waals surface area contributed by atoms with Crippen LogP contribution in [0.3, 0.4) is 0 Å². The number of benzene rings is 1. The van der Waals surface area contributed by atoms with Crippen LogP contribution in [-0.4, -0.2) is 33.8 Å². The van der Waals surface area contributed by atoms with Crippen LogP contribution in [0.5, 0.6) is 0 Å². The first-order valence-corrected chi connectivity index (χ1v) is 8.78. The largest absolute Gasteiger partial charge is 0.352 e. The lowest BCUT2D eigenvalue weighted by molar-refractivity contribution is 0.0949. The summed E-state index contributed by atoms with van der Waals surface area (Å²) in [5, 5.41) is 2.78. The SMILES string of the molecule is CCCN1C=NS(=O)(=O)c2cc(C(=O)NCC(C)C)ccc21. The highest BCUT2D eigenvalue weighted by molar-refractivity contribution is 7.90. The van der Waals surface area contributed by atoms with Crippen LogP contribution in [0.4, 0.5) is 5.69 Å².